The van der Waals surface area contributed by atoms with Crippen molar-refractivity contribution in [2.45, 2.75) is 45.2 Å². The number of hydrogen-bond acceptors (Lipinski definition) is 4. The van der Waals surface area contributed by atoms with Gasteiger partial charge in [-0.05, 0) is 57.2 Å². The molecule has 0 radical (unpaired) electrons. The Kier molecular flexibility index (Phi) is 9.85. The number of halogens is 1. The molecule has 2 aliphatic heterocycles. The predicted octanol–water partition coefficient (Wildman–Crippen LogP) is 3.39. The second-order valence-electron chi connectivity index (χ2n) is 9.46. The first kappa shape index (κ1) is 25.8. The average Bonchev–Trinajstić information content (AvgIpc) is 3.25. The number of nitrogens with zero attached hydrogens (tertiary/aromatic N) is 5. The van der Waals surface area contributed by atoms with Crippen molar-refractivity contribution in [1.29, 1.82) is 0 Å². The molecular formula is C25H40IN7. The third-order valence-corrected chi connectivity index (χ3v) is 6.83. The largest absolute Gasteiger partial charge is 0.367 e. The molecule has 1 aromatic heterocycles. The first-order valence-corrected chi connectivity index (χ1v) is 12.1. The molecular weight excluding hydrogens is 525 g/mol. The molecule has 0 aliphatic carbocycles. The van der Waals surface area contributed by atoms with E-state index in [-0.39, 0.29) is 24.0 Å². The number of likely N-dealkylation sites (tertiary alicyclic amines) is 1. The van der Waals surface area contributed by atoms with Gasteiger partial charge >= 0.3 is 0 Å². The van der Waals surface area contributed by atoms with Crippen molar-refractivity contribution in [3.8, 4) is 0 Å². The van der Waals surface area contributed by atoms with Gasteiger partial charge in [0.15, 0.2) is 5.96 Å². The van der Waals surface area contributed by atoms with Crippen molar-refractivity contribution in [3.63, 3.8) is 0 Å². The summed E-state index contributed by atoms with van der Waals surface area (Å²) in [6.07, 6.45) is 8.90. The highest BCUT2D eigenvalue weighted by Gasteiger charge is 2.23. The lowest BCUT2D eigenvalue weighted by atomic mass is 9.96. The summed E-state index contributed by atoms with van der Waals surface area (Å²) in [5.41, 5.74) is 3.96. The van der Waals surface area contributed by atoms with Gasteiger partial charge in [-0.1, -0.05) is 29.8 Å². The van der Waals surface area contributed by atoms with E-state index in [0.717, 1.165) is 32.1 Å². The van der Waals surface area contributed by atoms with Gasteiger partial charge in [0, 0.05) is 52.5 Å². The smallest absolute Gasteiger partial charge is 0.191 e. The van der Waals surface area contributed by atoms with Crippen LogP contribution < -0.4 is 15.5 Å². The molecule has 8 heteroatoms. The Morgan fingerprint density at radius 1 is 1.12 bits per heavy atom. The van der Waals surface area contributed by atoms with E-state index < -0.39 is 0 Å². The number of piperidine rings is 2. The third-order valence-electron chi connectivity index (χ3n) is 6.83. The first-order chi connectivity index (χ1) is 15.6. The normalized spacial score (nSPS) is 20.4. The molecule has 2 fully saturated rings. The molecule has 3 heterocycles. The molecule has 0 spiro atoms. The summed E-state index contributed by atoms with van der Waals surface area (Å²) in [5.74, 6) is 1.64. The molecule has 2 aliphatic rings. The van der Waals surface area contributed by atoms with Gasteiger partial charge < -0.3 is 15.5 Å². The molecule has 0 amide bonds. The van der Waals surface area contributed by atoms with Crippen LogP contribution in [0.1, 0.15) is 36.8 Å². The van der Waals surface area contributed by atoms with Crippen LogP contribution in [-0.4, -0.2) is 66.5 Å². The van der Waals surface area contributed by atoms with Crippen molar-refractivity contribution >= 4 is 35.6 Å². The highest BCUT2D eigenvalue weighted by Crippen LogP contribution is 2.20. The molecule has 1 unspecified atom stereocenters. The summed E-state index contributed by atoms with van der Waals surface area (Å²) in [7, 11) is 3.85. The number of nitrogens with one attached hydrogen (secondary N) is 2. The summed E-state index contributed by atoms with van der Waals surface area (Å²) in [4.78, 5) is 9.50. The van der Waals surface area contributed by atoms with E-state index in [0.29, 0.717) is 12.0 Å². The van der Waals surface area contributed by atoms with Crippen LogP contribution in [0.2, 0.25) is 0 Å². The van der Waals surface area contributed by atoms with E-state index in [1.807, 2.05) is 25.0 Å². The number of rotatable bonds is 6. The monoisotopic (exact) mass is 565 g/mol. The zero-order valence-electron chi connectivity index (χ0n) is 20.3. The second-order valence-corrected chi connectivity index (χ2v) is 9.46. The van der Waals surface area contributed by atoms with Gasteiger partial charge in [-0.2, -0.15) is 5.10 Å². The van der Waals surface area contributed by atoms with Crippen LogP contribution >= 0.6 is 24.0 Å². The molecule has 4 rings (SSSR count). The zero-order valence-corrected chi connectivity index (χ0v) is 22.7. The second kappa shape index (κ2) is 12.6. The minimum Gasteiger partial charge on any atom is -0.367 e. The van der Waals surface area contributed by atoms with Crippen LogP contribution in [0.15, 0.2) is 41.7 Å². The van der Waals surface area contributed by atoms with Crippen LogP contribution in [0.4, 0.5) is 5.69 Å². The summed E-state index contributed by atoms with van der Waals surface area (Å²) < 4.78 is 1.87. The average molecular weight is 566 g/mol. The fourth-order valence-electron chi connectivity index (χ4n) is 4.83. The van der Waals surface area contributed by atoms with Crippen molar-refractivity contribution in [3.05, 3.63) is 47.8 Å². The Morgan fingerprint density at radius 2 is 1.88 bits per heavy atom. The van der Waals surface area contributed by atoms with Gasteiger partial charge in [0.25, 0.3) is 0 Å². The van der Waals surface area contributed by atoms with Gasteiger partial charge in [-0.15, -0.1) is 24.0 Å². The van der Waals surface area contributed by atoms with Crippen molar-refractivity contribution in [2.75, 3.05) is 44.7 Å². The van der Waals surface area contributed by atoms with Crippen LogP contribution in [-0.2, 0) is 13.6 Å². The Bertz CT molecular complexity index is 871. The standard InChI is InChI=1S/C25H39N7.HI/c1-20-6-8-22(9-7-20)17-31-13-10-21(11-14-31)15-27-25(26-2)29-23-5-4-12-32(18-23)24-16-28-30(3)19-24;/h6-9,16,19,21,23H,4-5,10-15,17-18H2,1-3H3,(H2,26,27,29);1H. The number of aliphatic imine (C=N–C) groups is 1. The summed E-state index contributed by atoms with van der Waals surface area (Å²) in [5, 5.41) is 11.6. The van der Waals surface area contributed by atoms with E-state index >= 15 is 0 Å². The van der Waals surface area contributed by atoms with E-state index in [9.17, 15) is 0 Å². The number of anilines is 1. The van der Waals surface area contributed by atoms with E-state index in [1.54, 1.807) is 0 Å². The van der Waals surface area contributed by atoms with E-state index in [4.69, 9.17) is 0 Å². The SMILES string of the molecule is CN=C(NCC1CCN(Cc2ccc(C)cc2)CC1)NC1CCCN(c2cnn(C)c2)C1.I. The molecule has 7 nitrogen and oxygen atoms in total. The quantitative estimate of drug-likeness (QED) is 0.320. The van der Waals surface area contributed by atoms with Gasteiger partial charge in [0.2, 0.25) is 0 Å². The minimum absolute atomic E-state index is 0. The summed E-state index contributed by atoms with van der Waals surface area (Å²) in [6.45, 7) is 8.65. The maximum Gasteiger partial charge on any atom is 0.191 e. The Hall–Kier alpha value is -1.81. The van der Waals surface area contributed by atoms with Crippen molar-refractivity contribution in [2.24, 2.45) is 18.0 Å². The summed E-state index contributed by atoms with van der Waals surface area (Å²) >= 11 is 0. The highest BCUT2D eigenvalue weighted by atomic mass is 127. The maximum absolute atomic E-state index is 4.50. The third kappa shape index (κ3) is 7.60. The lowest BCUT2D eigenvalue weighted by Crippen LogP contribution is -2.52. The molecule has 2 saturated heterocycles. The molecule has 1 atom stereocenters. The zero-order chi connectivity index (χ0) is 22.3. The fourth-order valence-corrected chi connectivity index (χ4v) is 4.83. The van der Waals surface area contributed by atoms with Crippen LogP contribution in [0.5, 0.6) is 0 Å². The fraction of sp³-hybridized carbons (Fsp3) is 0.600. The number of guanidine groups is 1. The van der Waals surface area contributed by atoms with Crippen LogP contribution in [0.25, 0.3) is 0 Å². The van der Waals surface area contributed by atoms with Gasteiger partial charge in [-0.25, -0.2) is 0 Å². The Labute approximate surface area is 216 Å². The molecule has 1 aromatic carbocycles. The first-order valence-electron chi connectivity index (χ1n) is 12.1. The molecule has 33 heavy (non-hydrogen) atoms. The number of benzene rings is 1. The topological polar surface area (TPSA) is 60.7 Å². The van der Waals surface area contributed by atoms with Gasteiger partial charge in [0.05, 0.1) is 11.9 Å². The highest BCUT2D eigenvalue weighted by molar-refractivity contribution is 14.0. The number of aromatic nitrogens is 2. The van der Waals surface area contributed by atoms with E-state index in [2.05, 4.69) is 67.9 Å². The van der Waals surface area contributed by atoms with E-state index in [1.165, 1.54) is 55.6 Å². The maximum atomic E-state index is 4.50. The number of hydrogen-bond donors (Lipinski definition) is 2. The molecule has 182 valence electrons. The lowest BCUT2D eigenvalue weighted by Gasteiger charge is -2.35. The lowest BCUT2D eigenvalue weighted by molar-refractivity contribution is 0.178. The minimum atomic E-state index is 0. The van der Waals surface area contributed by atoms with Crippen LogP contribution in [0.3, 0.4) is 0 Å². The van der Waals surface area contributed by atoms with Gasteiger partial charge in [-0.3, -0.25) is 14.6 Å². The summed E-state index contributed by atoms with van der Waals surface area (Å²) in [6, 6.07) is 9.37. The Balaban J connectivity index is 0.00000306. The molecule has 2 N–H and O–H groups in total. The predicted molar refractivity (Wildman–Crippen MR) is 148 cm³/mol. The van der Waals surface area contributed by atoms with Crippen molar-refractivity contribution in [1.82, 2.24) is 25.3 Å². The molecule has 2 aromatic rings. The molecule has 0 bridgehead atoms. The van der Waals surface area contributed by atoms with Crippen LogP contribution in [0, 0.1) is 12.8 Å². The Morgan fingerprint density at radius 3 is 2.55 bits per heavy atom. The van der Waals surface area contributed by atoms with Gasteiger partial charge in [0.1, 0.15) is 0 Å². The molecule has 0 saturated carbocycles. The van der Waals surface area contributed by atoms with Crippen molar-refractivity contribution < 1.29 is 0 Å². The number of aryl methyl sites for hydroxylation is 2.